The largest absolute Gasteiger partial charge is 0.472 e. The van der Waals surface area contributed by atoms with Crippen LogP contribution in [-0.4, -0.2) is 35.8 Å². The first-order valence-corrected chi connectivity index (χ1v) is 9.07. The van der Waals surface area contributed by atoms with Crippen LogP contribution in [0.3, 0.4) is 0 Å². The summed E-state index contributed by atoms with van der Waals surface area (Å²) in [6, 6.07) is 9.57. The topological polar surface area (TPSA) is 62.6 Å². The molecule has 1 aromatic heterocycles. The van der Waals surface area contributed by atoms with Crippen molar-refractivity contribution >= 4 is 11.8 Å². The lowest BCUT2D eigenvalue weighted by Crippen LogP contribution is -2.46. The molecule has 26 heavy (non-hydrogen) atoms. The molecule has 138 valence electrons. The lowest BCUT2D eigenvalue weighted by atomic mass is 9.86. The predicted octanol–water partition coefficient (Wildman–Crippen LogP) is 3.61. The van der Waals surface area contributed by atoms with Crippen molar-refractivity contribution < 1.29 is 14.0 Å². The minimum absolute atomic E-state index is 0.0127. The summed E-state index contributed by atoms with van der Waals surface area (Å²) in [6.45, 7) is 7.73. The first kappa shape index (κ1) is 18.2. The second kappa shape index (κ2) is 7.36. The summed E-state index contributed by atoms with van der Waals surface area (Å²) in [5.74, 6) is -0.0636. The normalized spacial score (nSPS) is 15.7. The molecule has 2 aromatic rings. The van der Waals surface area contributed by atoms with Crippen LogP contribution in [0.15, 0.2) is 47.3 Å². The maximum absolute atomic E-state index is 12.5. The van der Waals surface area contributed by atoms with Crippen LogP contribution in [0.1, 0.15) is 59.9 Å². The lowest BCUT2D eigenvalue weighted by Gasteiger charge is -2.32. The number of piperidine rings is 1. The van der Waals surface area contributed by atoms with Crippen LogP contribution in [0.4, 0.5) is 0 Å². The molecule has 1 fully saturated rings. The van der Waals surface area contributed by atoms with Crippen LogP contribution < -0.4 is 5.32 Å². The van der Waals surface area contributed by atoms with E-state index in [2.05, 4.69) is 26.1 Å². The van der Waals surface area contributed by atoms with E-state index in [0.717, 1.165) is 12.8 Å². The number of carbonyl (C=O) groups excluding carboxylic acids is 2. The van der Waals surface area contributed by atoms with E-state index in [0.29, 0.717) is 24.2 Å². The molecule has 0 aliphatic carbocycles. The third-order valence-electron chi connectivity index (χ3n) is 4.90. The Morgan fingerprint density at radius 3 is 2.23 bits per heavy atom. The summed E-state index contributed by atoms with van der Waals surface area (Å²) < 4.78 is 4.97. The highest BCUT2D eigenvalue weighted by molar-refractivity contribution is 5.95. The van der Waals surface area contributed by atoms with E-state index in [9.17, 15) is 9.59 Å². The third kappa shape index (κ3) is 4.15. The predicted molar refractivity (Wildman–Crippen MR) is 100 cm³/mol. The molecular weight excluding hydrogens is 328 g/mol. The summed E-state index contributed by atoms with van der Waals surface area (Å²) in [5.41, 5.74) is 2.53. The number of furan rings is 1. The molecule has 0 radical (unpaired) electrons. The van der Waals surface area contributed by atoms with E-state index < -0.39 is 0 Å². The van der Waals surface area contributed by atoms with Gasteiger partial charge in [0.05, 0.1) is 11.8 Å². The van der Waals surface area contributed by atoms with Gasteiger partial charge in [0.15, 0.2) is 0 Å². The van der Waals surface area contributed by atoms with Gasteiger partial charge in [-0.2, -0.15) is 0 Å². The second-order valence-corrected chi connectivity index (χ2v) is 7.88. The minimum Gasteiger partial charge on any atom is -0.472 e. The van der Waals surface area contributed by atoms with E-state index in [-0.39, 0.29) is 23.3 Å². The zero-order valence-electron chi connectivity index (χ0n) is 15.6. The summed E-state index contributed by atoms with van der Waals surface area (Å²) in [6.07, 6.45) is 4.49. The number of hydrogen-bond acceptors (Lipinski definition) is 3. The maximum Gasteiger partial charge on any atom is 0.257 e. The third-order valence-corrected chi connectivity index (χ3v) is 4.90. The van der Waals surface area contributed by atoms with Crippen molar-refractivity contribution in [3.8, 4) is 0 Å². The van der Waals surface area contributed by atoms with E-state index >= 15 is 0 Å². The van der Waals surface area contributed by atoms with Crippen molar-refractivity contribution in [2.45, 2.75) is 45.1 Å². The SMILES string of the molecule is CC(C)(C)c1ccc(C(=O)NC2CCN(C(=O)c3ccoc3)CC2)cc1. The quantitative estimate of drug-likeness (QED) is 0.916. The molecule has 0 saturated carbocycles. The van der Waals surface area contributed by atoms with Gasteiger partial charge in [0.25, 0.3) is 11.8 Å². The zero-order valence-corrected chi connectivity index (χ0v) is 15.6. The highest BCUT2D eigenvalue weighted by Gasteiger charge is 2.25. The van der Waals surface area contributed by atoms with Gasteiger partial charge in [-0.25, -0.2) is 0 Å². The Labute approximate surface area is 154 Å². The van der Waals surface area contributed by atoms with Gasteiger partial charge in [-0.15, -0.1) is 0 Å². The Morgan fingerprint density at radius 1 is 1.04 bits per heavy atom. The Bertz CT molecular complexity index is 750. The molecule has 0 unspecified atom stereocenters. The Hall–Kier alpha value is -2.56. The molecule has 1 aliphatic heterocycles. The molecule has 1 saturated heterocycles. The molecule has 2 amide bonds. The second-order valence-electron chi connectivity index (χ2n) is 7.88. The van der Waals surface area contributed by atoms with E-state index in [1.165, 1.54) is 18.1 Å². The standard InChI is InChI=1S/C21H26N2O3/c1-21(2,3)17-6-4-15(5-7-17)19(24)22-18-8-11-23(12-9-18)20(25)16-10-13-26-14-16/h4-7,10,13-14,18H,8-9,11-12H2,1-3H3,(H,22,24). The first-order chi connectivity index (χ1) is 12.3. The van der Waals surface area contributed by atoms with Crippen molar-refractivity contribution in [3.63, 3.8) is 0 Å². The molecule has 2 heterocycles. The molecule has 5 heteroatoms. The molecule has 1 aliphatic rings. The zero-order chi connectivity index (χ0) is 18.7. The van der Waals surface area contributed by atoms with E-state index in [4.69, 9.17) is 4.42 Å². The van der Waals surface area contributed by atoms with Gasteiger partial charge in [0, 0.05) is 24.7 Å². The van der Waals surface area contributed by atoms with Gasteiger partial charge < -0.3 is 14.6 Å². The molecule has 0 spiro atoms. The molecule has 0 atom stereocenters. The lowest BCUT2D eigenvalue weighted by molar-refractivity contribution is 0.0697. The van der Waals surface area contributed by atoms with Gasteiger partial charge in [-0.05, 0) is 42.0 Å². The Morgan fingerprint density at radius 2 is 1.69 bits per heavy atom. The Kier molecular flexibility index (Phi) is 5.16. The number of amides is 2. The average molecular weight is 354 g/mol. The molecule has 0 bridgehead atoms. The molecule has 3 rings (SSSR count). The fourth-order valence-electron chi connectivity index (χ4n) is 3.19. The fourth-order valence-corrected chi connectivity index (χ4v) is 3.19. The number of nitrogens with zero attached hydrogens (tertiary/aromatic N) is 1. The number of carbonyl (C=O) groups is 2. The number of nitrogens with one attached hydrogen (secondary N) is 1. The van der Waals surface area contributed by atoms with E-state index in [1.54, 1.807) is 6.07 Å². The molecule has 5 nitrogen and oxygen atoms in total. The van der Waals surface area contributed by atoms with Crippen LogP contribution in [0.25, 0.3) is 0 Å². The van der Waals surface area contributed by atoms with Crippen LogP contribution in [0.5, 0.6) is 0 Å². The number of likely N-dealkylation sites (tertiary alicyclic amines) is 1. The van der Waals surface area contributed by atoms with Crippen LogP contribution in [0, 0.1) is 0 Å². The van der Waals surface area contributed by atoms with Crippen LogP contribution in [-0.2, 0) is 5.41 Å². The van der Waals surface area contributed by atoms with Crippen molar-refractivity contribution in [2.75, 3.05) is 13.1 Å². The summed E-state index contributed by atoms with van der Waals surface area (Å²) in [4.78, 5) is 26.6. The van der Waals surface area contributed by atoms with Crippen LogP contribution in [0.2, 0.25) is 0 Å². The van der Waals surface area contributed by atoms with E-state index in [1.807, 2.05) is 29.2 Å². The summed E-state index contributed by atoms with van der Waals surface area (Å²) in [7, 11) is 0. The monoisotopic (exact) mass is 354 g/mol. The summed E-state index contributed by atoms with van der Waals surface area (Å²) in [5, 5.41) is 3.09. The van der Waals surface area contributed by atoms with Crippen LogP contribution >= 0.6 is 0 Å². The van der Waals surface area contributed by atoms with Gasteiger partial charge in [-0.3, -0.25) is 9.59 Å². The number of rotatable bonds is 3. The number of benzene rings is 1. The van der Waals surface area contributed by atoms with Crippen molar-refractivity contribution in [2.24, 2.45) is 0 Å². The van der Waals surface area contributed by atoms with Gasteiger partial charge in [-0.1, -0.05) is 32.9 Å². The first-order valence-electron chi connectivity index (χ1n) is 9.07. The fraction of sp³-hybridized carbons (Fsp3) is 0.429. The molecular formula is C21H26N2O3. The minimum atomic E-state index is -0.0509. The van der Waals surface area contributed by atoms with Crippen molar-refractivity contribution in [1.82, 2.24) is 10.2 Å². The molecule has 1 aromatic carbocycles. The smallest absolute Gasteiger partial charge is 0.257 e. The van der Waals surface area contributed by atoms with Gasteiger partial charge in [0.1, 0.15) is 6.26 Å². The number of hydrogen-bond donors (Lipinski definition) is 1. The summed E-state index contributed by atoms with van der Waals surface area (Å²) >= 11 is 0. The van der Waals surface area contributed by atoms with Gasteiger partial charge in [0.2, 0.25) is 0 Å². The average Bonchev–Trinajstić information content (AvgIpc) is 3.16. The van der Waals surface area contributed by atoms with Gasteiger partial charge >= 0.3 is 0 Å². The maximum atomic E-state index is 12.5. The van der Waals surface area contributed by atoms with Crippen molar-refractivity contribution in [1.29, 1.82) is 0 Å². The van der Waals surface area contributed by atoms with Crippen molar-refractivity contribution in [3.05, 3.63) is 59.5 Å². The molecule has 1 N–H and O–H groups in total. The Balaban J connectivity index is 1.53. The highest BCUT2D eigenvalue weighted by Crippen LogP contribution is 2.22. The highest BCUT2D eigenvalue weighted by atomic mass is 16.3.